The fourth-order valence-corrected chi connectivity index (χ4v) is 4.46. The minimum Gasteiger partial charge on any atom is -0.369 e. The zero-order valence-corrected chi connectivity index (χ0v) is 14.6. The lowest BCUT2D eigenvalue weighted by atomic mass is 10.1. The van der Waals surface area contributed by atoms with Crippen LogP contribution in [0.5, 0.6) is 0 Å². The summed E-state index contributed by atoms with van der Waals surface area (Å²) in [5.41, 5.74) is 1.78. The van der Waals surface area contributed by atoms with Crippen LogP contribution in [-0.4, -0.2) is 43.8 Å². The van der Waals surface area contributed by atoms with Crippen LogP contribution in [-0.2, 0) is 10.0 Å². The summed E-state index contributed by atoms with van der Waals surface area (Å²) in [6.07, 6.45) is 0. The molecule has 0 radical (unpaired) electrons. The molecule has 1 aliphatic rings. The van der Waals surface area contributed by atoms with Gasteiger partial charge in [0.15, 0.2) is 0 Å². The molecule has 0 atom stereocenters. The Hall–Kier alpha value is -2.45. The Kier molecular flexibility index (Phi) is 4.73. The number of nitro groups is 1. The maximum Gasteiger partial charge on any atom is 0.269 e. The second-order valence-corrected chi connectivity index (χ2v) is 7.87. The van der Waals surface area contributed by atoms with E-state index in [0.29, 0.717) is 31.1 Å². The molecule has 1 fully saturated rings. The van der Waals surface area contributed by atoms with E-state index in [1.807, 2.05) is 6.92 Å². The third-order valence-corrected chi connectivity index (χ3v) is 6.26. The van der Waals surface area contributed by atoms with Gasteiger partial charge in [-0.3, -0.25) is 10.1 Å². The first kappa shape index (κ1) is 17.4. The highest BCUT2D eigenvalue weighted by molar-refractivity contribution is 7.89. The summed E-state index contributed by atoms with van der Waals surface area (Å²) in [6.45, 7) is 3.69. The van der Waals surface area contributed by atoms with E-state index in [4.69, 9.17) is 0 Å². The number of hydrogen-bond acceptors (Lipinski definition) is 5. The average Bonchev–Trinajstić information content (AvgIpc) is 2.62. The number of nitrogens with zero attached hydrogens (tertiary/aromatic N) is 3. The van der Waals surface area contributed by atoms with Crippen LogP contribution < -0.4 is 4.90 Å². The van der Waals surface area contributed by atoms with Gasteiger partial charge in [-0.2, -0.15) is 4.31 Å². The molecule has 132 valence electrons. The Morgan fingerprint density at radius 2 is 1.64 bits per heavy atom. The molecule has 7 nitrogen and oxygen atoms in total. The molecule has 0 N–H and O–H groups in total. The predicted molar refractivity (Wildman–Crippen MR) is 95.2 cm³/mol. The summed E-state index contributed by atoms with van der Waals surface area (Å²) >= 11 is 0. The quantitative estimate of drug-likeness (QED) is 0.617. The molecular formula is C17H19N3O4S. The lowest BCUT2D eigenvalue weighted by Gasteiger charge is -2.36. The monoisotopic (exact) mass is 361 g/mol. The number of aryl methyl sites for hydroxylation is 1. The van der Waals surface area contributed by atoms with Crippen LogP contribution in [0.3, 0.4) is 0 Å². The van der Waals surface area contributed by atoms with Crippen LogP contribution in [0, 0.1) is 17.0 Å². The van der Waals surface area contributed by atoms with Gasteiger partial charge in [0.05, 0.1) is 9.82 Å². The molecule has 3 rings (SSSR count). The molecule has 2 aromatic carbocycles. The van der Waals surface area contributed by atoms with Gasteiger partial charge >= 0.3 is 0 Å². The molecule has 25 heavy (non-hydrogen) atoms. The SMILES string of the molecule is Cc1cc([N+](=O)[O-])ccc1N1CCN(S(=O)(=O)c2ccccc2)CC1. The number of hydrogen-bond donors (Lipinski definition) is 0. The van der Waals surface area contributed by atoms with Crippen LogP contribution in [0.2, 0.25) is 0 Å². The summed E-state index contributed by atoms with van der Waals surface area (Å²) in [5, 5.41) is 10.8. The Labute approximate surface area is 146 Å². The van der Waals surface area contributed by atoms with Crippen LogP contribution in [0.4, 0.5) is 11.4 Å². The van der Waals surface area contributed by atoms with Crippen molar-refractivity contribution < 1.29 is 13.3 Å². The lowest BCUT2D eigenvalue weighted by Crippen LogP contribution is -2.48. The predicted octanol–water partition coefficient (Wildman–Crippen LogP) is 2.41. The molecule has 2 aromatic rings. The number of benzene rings is 2. The van der Waals surface area contributed by atoms with Crippen molar-refractivity contribution in [3.05, 3.63) is 64.2 Å². The van der Waals surface area contributed by atoms with Crippen molar-refractivity contribution in [1.29, 1.82) is 0 Å². The molecule has 0 bridgehead atoms. The molecular weight excluding hydrogens is 342 g/mol. The van der Waals surface area contributed by atoms with Crippen molar-refractivity contribution in [3.8, 4) is 0 Å². The smallest absolute Gasteiger partial charge is 0.269 e. The zero-order chi connectivity index (χ0) is 18.0. The molecule has 0 aromatic heterocycles. The normalized spacial score (nSPS) is 16.0. The second kappa shape index (κ2) is 6.81. The number of non-ortho nitro benzene ring substituents is 1. The molecule has 1 aliphatic heterocycles. The van der Waals surface area contributed by atoms with Gasteiger partial charge in [-0.15, -0.1) is 0 Å². The summed E-state index contributed by atoms with van der Waals surface area (Å²) in [7, 11) is -3.48. The van der Waals surface area contributed by atoms with Gasteiger partial charge in [-0.1, -0.05) is 18.2 Å². The van der Waals surface area contributed by atoms with Crippen LogP contribution in [0.1, 0.15) is 5.56 Å². The third kappa shape index (κ3) is 3.49. The summed E-state index contributed by atoms with van der Waals surface area (Å²) in [4.78, 5) is 12.8. The Morgan fingerprint density at radius 1 is 1.00 bits per heavy atom. The zero-order valence-electron chi connectivity index (χ0n) is 13.8. The highest BCUT2D eigenvalue weighted by atomic mass is 32.2. The van der Waals surface area contributed by atoms with Gasteiger partial charge in [0.2, 0.25) is 10.0 Å². The van der Waals surface area contributed by atoms with Crippen molar-refractivity contribution in [1.82, 2.24) is 4.31 Å². The Morgan fingerprint density at radius 3 is 2.20 bits per heavy atom. The summed E-state index contributed by atoms with van der Waals surface area (Å²) in [6, 6.07) is 13.2. The van der Waals surface area contributed by atoms with Crippen molar-refractivity contribution >= 4 is 21.4 Å². The van der Waals surface area contributed by atoms with Crippen molar-refractivity contribution in [2.75, 3.05) is 31.1 Å². The maximum atomic E-state index is 12.6. The molecule has 1 saturated heterocycles. The standard InChI is InChI=1S/C17H19N3O4S/c1-14-13-15(20(21)22)7-8-17(14)18-9-11-19(12-10-18)25(23,24)16-5-3-2-4-6-16/h2-8,13H,9-12H2,1H3. The van der Waals surface area contributed by atoms with Gasteiger partial charge in [0, 0.05) is 44.0 Å². The van der Waals surface area contributed by atoms with E-state index >= 15 is 0 Å². The van der Waals surface area contributed by atoms with Gasteiger partial charge < -0.3 is 4.90 Å². The van der Waals surface area contributed by atoms with E-state index < -0.39 is 14.9 Å². The van der Waals surface area contributed by atoms with E-state index in [1.165, 1.54) is 10.4 Å². The highest BCUT2D eigenvalue weighted by Gasteiger charge is 2.28. The summed E-state index contributed by atoms with van der Waals surface area (Å²) in [5.74, 6) is 0. The van der Waals surface area contributed by atoms with E-state index in [1.54, 1.807) is 42.5 Å². The van der Waals surface area contributed by atoms with Crippen molar-refractivity contribution in [2.45, 2.75) is 11.8 Å². The molecule has 0 amide bonds. The number of anilines is 1. The lowest BCUT2D eigenvalue weighted by molar-refractivity contribution is -0.384. The second-order valence-electron chi connectivity index (χ2n) is 5.93. The maximum absolute atomic E-state index is 12.6. The van der Waals surface area contributed by atoms with E-state index in [2.05, 4.69) is 4.90 Å². The fraction of sp³-hybridized carbons (Fsp3) is 0.294. The van der Waals surface area contributed by atoms with E-state index in [9.17, 15) is 18.5 Å². The average molecular weight is 361 g/mol. The Bertz CT molecular complexity index is 876. The molecule has 0 saturated carbocycles. The first-order chi connectivity index (χ1) is 11.9. The molecule has 1 heterocycles. The number of sulfonamides is 1. The molecule has 0 spiro atoms. The highest BCUT2D eigenvalue weighted by Crippen LogP contribution is 2.27. The molecule has 0 unspecified atom stereocenters. The van der Waals surface area contributed by atoms with Gasteiger partial charge in [0.25, 0.3) is 5.69 Å². The number of rotatable bonds is 4. The largest absolute Gasteiger partial charge is 0.369 e. The van der Waals surface area contributed by atoms with E-state index in [0.717, 1.165) is 11.3 Å². The van der Waals surface area contributed by atoms with Gasteiger partial charge in [-0.25, -0.2) is 8.42 Å². The first-order valence-corrected chi connectivity index (χ1v) is 9.39. The summed E-state index contributed by atoms with van der Waals surface area (Å²) < 4.78 is 26.8. The van der Waals surface area contributed by atoms with Crippen LogP contribution in [0.15, 0.2) is 53.4 Å². The van der Waals surface area contributed by atoms with Crippen molar-refractivity contribution in [2.24, 2.45) is 0 Å². The fourth-order valence-electron chi connectivity index (χ4n) is 3.02. The third-order valence-electron chi connectivity index (χ3n) is 4.35. The van der Waals surface area contributed by atoms with E-state index in [-0.39, 0.29) is 5.69 Å². The molecule has 8 heteroatoms. The molecule has 0 aliphatic carbocycles. The van der Waals surface area contributed by atoms with Crippen LogP contribution in [0.25, 0.3) is 0 Å². The van der Waals surface area contributed by atoms with Crippen molar-refractivity contribution in [3.63, 3.8) is 0 Å². The number of nitro benzene ring substituents is 1. The number of piperazine rings is 1. The minimum absolute atomic E-state index is 0.0616. The van der Waals surface area contributed by atoms with Crippen LogP contribution >= 0.6 is 0 Å². The topological polar surface area (TPSA) is 83.8 Å². The first-order valence-electron chi connectivity index (χ1n) is 7.95. The van der Waals surface area contributed by atoms with Gasteiger partial charge in [-0.05, 0) is 30.7 Å². The minimum atomic E-state index is -3.48. The van der Waals surface area contributed by atoms with Gasteiger partial charge in [0.1, 0.15) is 0 Å². The Balaban J connectivity index is 1.73.